The van der Waals surface area contributed by atoms with E-state index < -0.39 is 0 Å². The highest BCUT2D eigenvalue weighted by Gasteiger charge is 2.30. The van der Waals surface area contributed by atoms with Crippen molar-refractivity contribution in [2.75, 3.05) is 6.61 Å². The number of halogens is 2. The number of hydrogen-bond acceptors (Lipinski definition) is 1. The normalized spacial score (nSPS) is 22.7. The summed E-state index contributed by atoms with van der Waals surface area (Å²) in [5, 5.41) is 2.55. The van der Waals surface area contributed by atoms with Gasteiger partial charge in [-0.15, -0.1) is 0 Å². The number of hydrogen-bond donors (Lipinski definition) is 1. The third-order valence-corrected chi connectivity index (χ3v) is 4.47. The van der Waals surface area contributed by atoms with Gasteiger partial charge >= 0.3 is 0 Å². The van der Waals surface area contributed by atoms with Gasteiger partial charge in [0.15, 0.2) is 0 Å². The molecule has 0 bridgehead atoms. The van der Waals surface area contributed by atoms with Crippen LogP contribution in [0.5, 0.6) is 0 Å². The molecule has 2 atom stereocenters. The van der Waals surface area contributed by atoms with Gasteiger partial charge in [0, 0.05) is 17.0 Å². The quantitative estimate of drug-likeness (QED) is 0.783. The Morgan fingerprint density at radius 1 is 1.32 bits per heavy atom. The molecular formula is C15H17Cl2NO. The van der Waals surface area contributed by atoms with E-state index in [1.807, 2.05) is 12.1 Å². The van der Waals surface area contributed by atoms with Crippen molar-refractivity contribution in [1.82, 2.24) is 4.98 Å². The topological polar surface area (TPSA) is 25.0 Å². The van der Waals surface area contributed by atoms with Crippen LogP contribution in [0.3, 0.4) is 0 Å². The fourth-order valence-electron chi connectivity index (χ4n) is 2.96. The molecule has 0 amide bonds. The molecule has 0 saturated heterocycles. The summed E-state index contributed by atoms with van der Waals surface area (Å²) in [6.07, 6.45) is 2.24. The van der Waals surface area contributed by atoms with Gasteiger partial charge in [-0.05, 0) is 24.1 Å². The van der Waals surface area contributed by atoms with Gasteiger partial charge in [-0.2, -0.15) is 0 Å². The number of nitrogens with one attached hydrogen (secondary N) is 1. The van der Waals surface area contributed by atoms with Crippen molar-refractivity contribution in [3.63, 3.8) is 0 Å². The molecule has 0 saturated carbocycles. The van der Waals surface area contributed by atoms with E-state index >= 15 is 0 Å². The average Bonchev–Trinajstić information content (AvgIpc) is 2.80. The summed E-state index contributed by atoms with van der Waals surface area (Å²) in [5.41, 5.74) is 3.38. The minimum Gasteiger partial charge on any atom is -0.371 e. The van der Waals surface area contributed by atoms with Crippen LogP contribution in [0.4, 0.5) is 0 Å². The predicted molar refractivity (Wildman–Crippen MR) is 80.3 cm³/mol. The van der Waals surface area contributed by atoms with E-state index in [-0.39, 0.29) is 6.10 Å². The molecule has 1 N–H and O–H groups in total. The number of aromatic nitrogens is 1. The number of H-pyrrole nitrogens is 1. The van der Waals surface area contributed by atoms with Crippen LogP contribution in [0.25, 0.3) is 10.9 Å². The second kappa shape index (κ2) is 5.01. The first-order chi connectivity index (χ1) is 9.13. The lowest BCUT2D eigenvalue weighted by atomic mass is 9.92. The molecule has 4 heteroatoms. The van der Waals surface area contributed by atoms with Gasteiger partial charge in [0.1, 0.15) is 0 Å². The summed E-state index contributed by atoms with van der Waals surface area (Å²) in [4.78, 5) is 3.45. The monoisotopic (exact) mass is 297 g/mol. The fourth-order valence-corrected chi connectivity index (χ4v) is 3.42. The standard InChI is InChI=1S/C15H17Cl2NO/c1-3-4-11-15-12(8(2)7-19-11)13-9(16)5-6-10(17)14(13)18-15/h5-6,8,11,18H,3-4,7H2,1-2H3. The Kier molecular flexibility index (Phi) is 3.50. The highest BCUT2D eigenvalue weighted by molar-refractivity contribution is 6.40. The van der Waals surface area contributed by atoms with Crippen LogP contribution in [0, 0.1) is 0 Å². The highest BCUT2D eigenvalue weighted by Crippen LogP contribution is 2.44. The summed E-state index contributed by atoms with van der Waals surface area (Å²) in [7, 11) is 0. The Balaban J connectivity index is 2.28. The van der Waals surface area contributed by atoms with E-state index in [2.05, 4.69) is 18.8 Å². The Bertz CT molecular complexity index is 620. The number of aromatic amines is 1. The third kappa shape index (κ3) is 2.06. The first kappa shape index (κ1) is 13.3. The lowest BCUT2D eigenvalue weighted by Gasteiger charge is -2.27. The van der Waals surface area contributed by atoms with Crippen LogP contribution in [0.15, 0.2) is 12.1 Å². The van der Waals surface area contributed by atoms with Crippen LogP contribution in [0.1, 0.15) is 50.0 Å². The van der Waals surface area contributed by atoms with E-state index in [4.69, 9.17) is 27.9 Å². The van der Waals surface area contributed by atoms with Crippen LogP contribution in [0.2, 0.25) is 10.0 Å². The maximum absolute atomic E-state index is 6.38. The van der Waals surface area contributed by atoms with Gasteiger partial charge in [0.05, 0.1) is 28.3 Å². The van der Waals surface area contributed by atoms with Crippen molar-refractivity contribution >= 4 is 34.1 Å². The van der Waals surface area contributed by atoms with Gasteiger partial charge in [-0.25, -0.2) is 0 Å². The molecule has 102 valence electrons. The van der Waals surface area contributed by atoms with Crippen LogP contribution < -0.4 is 0 Å². The van der Waals surface area contributed by atoms with Gasteiger partial charge in [0.2, 0.25) is 0 Å². The number of benzene rings is 1. The first-order valence-corrected chi connectivity index (χ1v) is 7.50. The molecule has 2 nitrogen and oxygen atoms in total. The summed E-state index contributed by atoms with van der Waals surface area (Å²) in [6.45, 7) is 5.09. The third-order valence-electron chi connectivity index (χ3n) is 3.84. The fraction of sp³-hybridized carbons (Fsp3) is 0.467. The number of fused-ring (bicyclic) bond motifs is 3. The molecule has 1 aromatic carbocycles. The van der Waals surface area contributed by atoms with Gasteiger partial charge in [-0.1, -0.05) is 43.5 Å². The Labute approximate surface area is 123 Å². The van der Waals surface area contributed by atoms with Crippen molar-refractivity contribution in [3.05, 3.63) is 33.4 Å². The molecule has 1 aromatic heterocycles. The molecule has 0 radical (unpaired) electrons. The molecule has 0 spiro atoms. The smallest absolute Gasteiger partial charge is 0.0975 e. The van der Waals surface area contributed by atoms with E-state index in [1.165, 1.54) is 5.56 Å². The molecule has 3 rings (SSSR count). The SMILES string of the molecule is CCCC1OCC(C)c2c1[nH]c1c(Cl)ccc(Cl)c21. The predicted octanol–water partition coefficient (Wildman–Crippen LogP) is 5.45. The molecule has 2 unspecified atom stereocenters. The zero-order chi connectivity index (χ0) is 13.6. The largest absolute Gasteiger partial charge is 0.371 e. The van der Waals surface area contributed by atoms with Crippen LogP contribution >= 0.6 is 23.2 Å². The summed E-state index contributed by atoms with van der Waals surface area (Å²) in [6, 6.07) is 3.71. The van der Waals surface area contributed by atoms with Crippen LogP contribution in [-0.4, -0.2) is 11.6 Å². The van der Waals surface area contributed by atoms with Crippen molar-refractivity contribution in [1.29, 1.82) is 0 Å². The lowest BCUT2D eigenvalue weighted by molar-refractivity contribution is 0.0226. The minimum absolute atomic E-state index is 0.135. The van der Waals surface area contributed by atoms with Crippen molar-refractivity contribution in [3.8, 4) is 0 Å². The Morgan fingerprint density at radius 2 is 2.05 bits per heavy atom. The minimum atomic E-state index is 0.135. The van der Waals surface area contributed by atoms with Gasteiger partial charge < -0.3 is 9.72 Å². The number of ether oxygens (including phenoxy) is 1. The summed E-state index contributed by atoms with van der Waals surface area (Å²) in [5.74, 6) is 0.341. The van der Waals surface area contributed by atoms with Crippen LogP contribution in [-0.2, 0) is 4.74 Å². The zero-order valence-electron chi connectivity index (χ0n) is 11.1. The zero-order valence-corrected chi connectivity index (χ0v) is 12.6. The number of rotatable bonds is 2. The molecule has 0 aliphatic carbocycles. The Morgan fingerprint density at radius 3 is 2.79 bits per heavy atom. The Hall–Kier alpha value is -0.700. The second-order valence-electron chi connectivity index (χ2n) is 5.24. The first-order valence-electron chi connectivity index (χ1n) is 6.74. The van der Waals surface area contributed by atoms with Crippen molar-refractivity contribution in [2.24, 2.45) is 0 Å². The van der Waals surface area contributed by atoms with E-state index in [9.17, 15) is 0 Å². The van der Waals surface area contributed by atoms with Gasteiger partial charge in [-0.3, -0.25) is 0 Å². The molecule has 0 fully saturated rings. The van der Waals surface area contributed by atoms with E-state index in [0.717, 1.165) is 46.1 Å². The summed E-state index contributed by atoms with van der Waals surface area (Å²) >= 11 is 12.7. The second-order valence-corrected chi connectivity index (χ2v) is 6.06. The molecule has 1 aliphatic rings. The summed E-state index contributed by atoms with van der Waals surface area (Å²) < 4.78 is 5.95. The molecule has 19 heavy (non-hydrogen) atoms. The molecule has 2 aromatic rings. The maximum atomic E-state index is 6.38. The lowest BCUT2D eigenvalue weighted by Crippen LogP contribution is -2.18. The van der Waals surface area contributed by atoms with Crippen molar-refractivity contribution < 1.29 is 4.74 Å². The molecular weight excluding hydrogens is 281 g/mol. The highest BCUT2D eigenvalue weighted by atomic mass is 35.5. The van der Waals surface area contributed by atoms with E-state index in [1.54, 1.807) is 0 Å². The van der Waals surface area contributed by atoms with Gasteiger partial charge in [0.25, 0.3) is 0 Å². The average molecular weight is 298 g/mol. The molecule has 1 aliphatic heterocycles. The molecule has 2 heterocycles. The maximum Gasteiger partial charge on any atom is 0.0975 e. The van der Waals surface area contributed by atoms with E-state index in [0.29, 0.717) is 5.92 Å². The van der Waals surface area contributed by atoms with Crippen molar-refractivity contribution in [2.45, 2.75) is 38.7 Å².